The van der Waals surface area contributed by atoms with Crippen molar-refractivity contribution in [3.05, 3.63) is 29.3 Å². The lowest BCUT2D eigenvalue weighted by molar-refractivity contribution is -0.143. The van der Waals surface area contributed by atoms with Gasteiger partial charge in [0.2, 0.25) is 0 Å². The van der Waals surface area contributed by atoms with Crippen molar-refractivity contribution < 1.29 is 19.2 Å². The van der Waals surface area contributed by atoms with Gasteiger partial charge in [-0.05, 0) is 55.4 Å². The Kier molecular flexibility index (Phi) is 28.5. The number of benzene rings is 1. The molecule has 1 aliphatic carbocycles. The minimum atomic E-state index is -0.244. The largest absolute Gasteiger partial charge is 0.427 e. The summed E-state index contributed by atoms with van der Waals surface area (Å²) in [6.45, 7) is 6.74. The Hall–Kier alpha value is -2.17. The van der Waals surface area contributed by atoms with Crippen LogP contribution in [0.15, 0.2) is 23.4 Å². The van der Waals surface area contributed by atoms with Crippen LogP contribution in [-0.2, 0) is 20.8 Å². The Morgan fingerprint density at radius 1 is 0.538 bits per heavy atom. The summed E-state index contributed by atoms with van der Waals surface area (Å²) in [4.78, 5) is 30.4. The second-order valence-corrected chi connectivity index (χ2v) is 16.2. The summed E-state index contributed by atoms with van der Waals surface area (Å²) < 4.78 is 5.72. The van der Waals surface area contributed by atoms with E-state index in [2.05, 4.69) is 25.9 Å². The lowest BCUT2D eigenvalue weighted by atomic mass is 9.83. The average molecular weight is 724 g/mol. The zero-order valence-electron chi connectivity index (χ0n) is 34.4. The number of esters is 1. The standard InChI is InChI=1S/C47H81NO4/c1-4-6-8-10-12-14-16-18-20-22-24-26-28-30-32-34-46(49)51-43-36-37-44-42(40-43)38-41(3)39-45(44)48-52-47(50)35-33-31-29-27-25-23-21-19-17-15-13-11-9-7-5-2/h36-37,40-41H,4-35,38-39H2,1-3H3/b48-45+. The fourth-order valence-corrected chi connectivity index (χ4v) is 7.67. The maximum Gasteiger partial charge on any atom is 0.335 e. The lowest BCUT2D eigenvalue weighted by Gasteiger charge is -2.23. The first-order valence-corrected chi connectivity index (χ1v) is 22.6. The molecule has 0 bridgehead atoms. The molecule has 1 aromatic carbocycles. The first kappa shape index (κ1) is 46.0. The number of rotatable bonds is 34. The number of carbonyl (C=O) groups is 2. The van der Waals surface area contributed by atoms with E-state index < -0.39 is 0 Å². The predicted molar refractivity (Wildman–Crippen MR) is 221 cm³/mol. The molecular formula is C47H81NO4. The molecule has 0 N–H and O–H groups in total. The van der Waals surface area contributed by atoms with Crippen LogP contribution in [0.3, 0.4) is 0 Å². The van der Waals surface area contributed by atoms with Crippen molar-refractivity contribution in [3.63, 3.8) is 0 Å². The van der Waals surface area contributed by atoms with E-state index in [9.17, 15) is 9.59 Å². The Labute approximate surface area is 321 Å². The minimum Gasteiger partial charge on any atom is -0.427 e. The van der Waals surface area contributed by atoms with Crippen molar-refractivity contribution in [1.29, 1.82) is 0 Å². The van der Waals surface area contributed by atoms with Crippen molar-refractivity contribution >= 4 is 17.7 Å². The van der Waals surface area contributed by atoms with Gasteiger partial charge in [-0.3, -0.25) is 4.79 Å². The fourth-order valence-electron chi connectivity index (χ4n) is 7.67. The molecule has 0 amide bonds. The molecule has 1 aliphatic rings. The van der Waals surface area contributed by atoms with Crippen LogP contribution in [0.1, 0.15) is 244 Å². The number of ether oxygens (including phenoxy) is 1. The predicted octanol–water partition coefficient (Wildman–Crippen LogP) is 14.9. The van der Waals surface area contributed by atoms with Gasteiger partial charge in [0.1, 0.15) is 5.75 Å². The highest BCUT2D eigenvalue weighted by Crippen LogP contribution is 2.30. The van der Waals surface area contributed by atoms with E-state index in [4.69, 9.17) is 9.57 Å². The monoisotopic (exact) mass is 724 g/mol. The number of hydrogen-bond acceptors (Lipinski definition) is 5. The summed E-state index contributed by atoms with van der Waals surface area (Å²) in [5, 5.41) is 4.32. The molecule has 5 heteroatoms. The van der Waals surface area contributed by atoms with Crippen molar-refractivity contribution in [2.75, 3.05) is 0 Å². The highest BCUT2D eigenvalue weighted by molar-refractivity contribution is 6.03. The van der Waals surface area contributed by atoms with E-state index in [1.165, 1.54) is 167 Å². The summed E-state index contributed by atoms with van der Waals surface area (Å²) in [5.74, 6) is 0.585. The van der Waals surface area contributed by atoms with Gasteiger partial charge < -0.3 is 9.57 Å². The van der Waals surface area contributed by atoms with Gasteiger partial charge in [-0.2, -0.15) is 0 Å². The molecule has 1 unspecified atom stereocenters. The van der Waals surface area contributed by atoms with Gasteiger partial charge in [0.15, 0.2) is 0 Å². The van der Waals surface area contributed by atoms with Gasteiger partial charge in [-0.15, -0.1) is 0 Å². The number of unbranched alkanes of at least 4 members (excludes halogenated alkanes) is 28. The smallest absolute Gasteiger partial charge is 0.335 e. The van der Waals surface area contributed by atoms with Gasteiger partial charge in [-0.25, -0.2) is 4.79 Å². The van der Waals surface area contributed by atoms with Crippen LogP contribution in [0.5, 0.6) is 5.75 Å². The van der Waals surface area contributed by atoms with Crippen LogP contribution in [0.2, 0.25) is 0 Å². The van der Waals surface area contributed by atoms with Crippen LogP contribution < -0.4 is 4.74 Å². The van der Waals surface area contributed by atoms with Gasteiger partial charge in [0, 0.05) is 18.4 Å². The van der Waals surface area contributed by atoms with Crippen LogP contribution in [0, 0.1) is 5.92 Å². The third-order valence-corrected chi connectivity index (χ3v) is 11.0. The number of hydrogen-bond donors (Lipinski definition) is 0. The van der Waals surface area contributed by atoms with Crippen molar-refractivity contribution in [3.8, 4) is 5.75 Å². The minimum absolute atomic E-state index is 0.153. The molecule has 0 fully saturated rings. The molecule has 0 saturated heterocycles. The quantitative estimate of drug-likeness (QED) is 0.0233. The summed E-state index contributed by atoms with van der Waals surface area (Å²) >= 11 is 0. The van der Waals surface area contributed by atoms with Crippen LogP contribution in [0.4, 0.5) is 0 Å². The van der Waals surface area contributed by atoms with Gasteiger partial charge in [0.25, 0.3) is 0 Å². The molecule has 2 rings (SSSR count). The first-order chi connectivity index (χ1) is 25.5. The number of fused-ring (bicyclic) bond motifs is 1. The summed E-state index contributed by atoms with van der Waals surface area (Å²) in [5.41, 5.74) is 2.92. The maximum absolute atomic E-state index is 12.6. The first-order valence-electron chi connectivity index (χ1n) is 22.6. The van der Waals surface area contributed by atoms with E-state index in [-0.39, 0.29) is 11.9 Å². The van der Waals surface area contributed by atoms with Crippen molar-refractivity contribution in [2.24, 2.45) is 11.1 Å². The second-order valence-electron chi connectivity index (χ2n) is 16.2. The molecule has 0 radical (unpaired) electrons. The molecule has 0 saturated carbocycles. The molecule has 52 heavy (non-hydrogen) atoms. The van der Waals surface area contributed by atoms with Crippen molar-refractivity contribution in [1.82, 2.24) is 0 Å². The average Bonchev–Trinajstić information content (AvgIpc) is 3.13. The van der Waals surface area contributed by atoms with Crippen molar-refractivity contribution in [2.45, 2.75) is 239 Å². The van der Waals surface area contributed by atoms with Gasteiger partial charge in [-0.1, -0.05) is 206 Å². The molecule has 0 spiro atoms. The topological polar surface area (TPSA) is 65.0 Å². The Bertz CT molecular complexity index is 1070. The van der Waals surface area contributed by atoms with E-state index in [1.807, 2.05) is 18.2 Å². The van der Waals surface area contributed by atoms with E-state index in [0.717, 1.165) is 55.4 Å². The number of oxime groups is 1. The SMILES string of the molecule is CCCCCCCCCCCCCCCCCC(=O)O/N=C1\CC(C)Cc2cc(OC(=O)CCCCCCCCCCCCCCCCC)ccc21. The maximum atomic E-state index is 12.6. The zero-order valence-corrected chi connectivity index (χ0v) is 34.4. The fraction of sp³-hybridized carbons (Fsp3) is 0.809. The van der Waals surface area contributed by atoms with Crippen LogP contribution in [-0.4, -0.2) is 17.7 Å². The van der Waals surface area contributed by atoms with Crippen LogP contribution >= 0.6 is 0 Å². The normalized spacial score (nSPS) is 14.8. The lowest BCUT2D eigenvalue weighted by Crippen LogP contribution is -2.20. The molecule has 0 heterocycles. The zero-order chi connectivity index (χ0) is 37.3. The highest BCUT2D eigenvalue weighted by Gasteiger charge is 2.23. The van der Waals surface area contributed by atoms with E-state index in [0.29, 0.717) is 24.5 Å². The van der Waals surface area contributed by atoms with E-state index in [1.54, 1.807) is 0 Å². The molecule has 5 nitrogen and oxygen atoms in total. The van der Waals surface area contributed by atoms with Crippen LogP contribution in [0.25, 0.3) is 0 Å². The molecule has 1 atom stereocenters. The molecule has 0 aliphatic heterocycles. The molecular weight excluding hydrogens is 643 g/mol. The summed E-state index contributed by atoms with van der Waals surface area (Å²) in [6.07, 6.45) is 41.8. The van der Waals surface area contributed by atoms with Gasteiger partial charge in [0.05, 0.1) is 5.71 Å². The number of carbonyl (C=O) groups excluding carboxylic acids is 2. The summed E-state index contributed by atoms with van der Waals surface area (Å²) in [7, 11) is 0. The third-order valence-electron chi connectivity index (χ3n) is 11.0. The summed E-state index contributed by atoms with van der Waals surface area (Å²) in [6, 6.07) is 5.80. The second kappa shape index (κ2) is 32.3. The van der Waals surface area contributed by atoms with Gasteiger partial charge >= 0.3 is 11.9 Å². The molecule has 0 aromatic heterocycles. The Morgan fingerprint density at radius 3 is 1.35 bits per heavy atom. The third kappa shape index (κ3) is 24.2. The Balaban J connectivity index is 1.52. The molecule has 1 aromatic rings. The highest BCUT2D eigenvalue weighted by atomic mass is 16.7. The molecule has 298 valence electrons. The number of nitrogens with zero attached hydrogens (tertiary/aromatic N) is 1. The van der Waals surface area contributed by atoms with E-state index >= 15 is 0 Å². The Morgan fingerprint density at radius 2 is 0.923 bits per heavy atom.